The first-order valence-corrected chi connectivity index (χ1v) is 10.4. The summed E-state index contributed by atoms with van der Waals surface area (Å²) in [4.78, 5) is 54.9. The molecular weight excluding hydrogens is 386 g/mol. The number of hydrogen-bond donors (Lipinski definition) is 0. The minimum Gasteiger partial charge on any atom is -0.444 e. The number of piperidine rings is 1. The molecule has 3 aliphatic heterocycles. The zero-order valence-electron chi connectivity index (χ0n) is 17.6. The van der Waals surface area contributed by atoms with Gasteiger partial charge in [-0.25, -0.2) is 4.79 Å². The third-order valence-corrected chi connectivity index (χ3v) is 5.78. The second-order valence-electron chi connectivity index (χ2n) is 9.20. The highest BCUT2D eigenvalue weighted by atomic mass is 16.6. The molecule has 4 rings (SSSR count). The fourth-order valence-corrected chi connectivity index (χ4v) is 4.49. The SMILES string of the molecule is CC(C)(C)OC(=O)N1C[C@@H]2C[C@H]1C(=O)N(CCCN1C(=O)c3ccccc3C1=O)C2. The topological polar surface area (TPSA) is 87.2 Å². The maximum Gasteiger partial charge on any atom is 0.410 e. The molecule has 8 nitrogen and oxygen atoms in total. The van der Waals surface area contributed by atoms with Gasteiger partial charge in [0.1, 0.15) is 11.6 Å². The number of carbonyl (C=O) groups excluding carboxylic acids is 4. The number of rotatable bonds is 4. The Kier molecular flexibility index (Phi) is 5.03. The molecule has 160 valence electrons. The number of amides is 4. The van der Waals surface area contributed by atoms with Gasteiger partial charge in [0.25, 0.3) is 11.8 Å². The predicted molar refractivity (Wildman–Crippen MR) is 108 cm³/mol. The van der Waals surface area contributed by atoms with Gasteiger partial charge in [0.15, 0.2) is 0 Å². The van der Waals surface area contributed by atoms with Gasteiger partial charge in [0.05, 0.1) is 11.1 Å². The smallest absolute Gasteiger partial charge is 0.410 e. The fraction of sp³-hybridized carbons (Fsp3) is 0.545. The summed E-state index contributed by atoms with van der Waals surface area (Å²) in [5.74, 6) is -0.426. The maximum atomic E-state index is 12.9. The first-order valence-electron chi connectivity index (χ1n) is 10.4. The number of nitrogens with zero attached hydrogens (tertiary/aromatic N) is 3. The highest BCUT2D eigenvalue weighted by Gasteiger charge is 2.47. The molecule has 30 heavy (non-hydrogen) atoms. The molecule has 0 aromatic heterocycles. The van der Waals surface area contributed by atoms with E-state index >= 15 is 0 Å². The van der Waals surface area contributed by atoms with Gasteiger partial charge in [-0.1, -0.05) is 12.1 Å². The molecule has 0 aliphatic carbocycles. The van der Waals surface area contributed by atoms with Crippen molar-refractivity contribution in [1.29, 1.82) is 0 Å². The second kappa shape index (κ2) is 7.41. The highest BCUT2D eigenvalue weighted by molar-refractivity contribution is 6.21. The summed E-state index contributed by atoms with van der Waals surface area (Å²) in [5, 5.41) is 0. The van der Waals surface area contributed by atoms with Crippen LogP contribution in [0.15, 0.2) is 24.3 Å². The van der Waals surface area contributed by atoms with Crippen molar-refractivity contribution in [2.24, 2.45) is 5.92 Å². The molecule has 3 aliphatic rings. The van der Waals surface area contributed by atoms with Gasteiger partial charge in [0.2, 0.25) is 5.91 Å². The minimum atomic E-state index is -0.608. The fourth-order valence-electron chi connectivity index (χ4n) is 4.49. The predicted octanol–water partition coefficient (Wildman–Crippen LogP) is 2.14. The Morgan fingerprint density at radius 2 is 1.67 bits per heavy atom. The number of ether oxygens (including phenoxy) is 1. The lowest BCUT2D eigenvalue weighted by Gasteiger charge is -2.33. The molecule has 0 radical (unpaired) electrons. The zero-order chi connectivity index (χ0) is 21.6. The van der Waals surface area contributed by atoms with E-state index in [1.54, 1.807) is 54.8 Å². The Bertz CT molecular complexity index is 871. The van der Waals surface area contributed by atoms with Crippen molar-refractivity contribution < 1.29 is 23.9 Å². The van der Waals surface area contributed by atoms with Crippen LogP contribution in [-0.4, -0.2) is 76.3 Å². The molecule has 1 aromatic rings. The summed E-state index contributed by atoms with van der Waals surface area (Å²) in [6.45, 7) is 7.22. The van der Waals surface area contributed by atoms with Crippen molar-refractivity contribution in [2.75, 3.05) is 26.2 Å². The third kappa shape index (κ3) is 3.66. The third-order valence-electron chi connectivity index (χ3n) is 5.78. The van der Waals surface area contributed by atoms with Gasteiger partial charge in [-0.3, -0.25) is 24.2 Å². The Morgan fingerprint density at radius 3 is 2.27 bits per heavy atom. The molecule has 2 saturated heterocycles. The van der Waals surface area contributed by atoms with E-state index in [4.69, 9.17) is 4.74 Å². The van der Waals surface area contributed by atoms with Gasteiger partial charge in [-0.05, 0) is 51.7 Å². The van der Waals surface area contributed by atoms with Crippen molar-refractivity contribution in [3.63, 3.8) is 0 Å². The molecule has 2 atom stereocenters. The number of hydrogen-bond acceptors (Lipinski definition) is 5. The zero-order valence-corrected chi connectivity index (χ0v) is 17.6. The Labute approximate surface area is 175 Å². The monoisotopic (exact) mass is 413 g/mol. The molecular formula is C22H27N3O5. The Morgan fingerprint density at radius 1 is 1.03 bits per heavy atom. The van der Waals surface area contributed by atoms with Crippen molar-refractivity contribution in [2.45, 2.75) is 45.3 Å². The summed E-state index contributed by atoms with van der Waals surface area (Å²) < 4.78 is 5.45. The van der Waals surface area contributed by atoms with Crippen molar-refractivity contribution in [3.05, 3.63) is 35.4 Å². The first kappa shape index (κ1) is 20.4. The van der Waals surface area contributed by atoms with Crippen LogP contribution in [0.5, 0.6) is 0 Å². The largest absolute Gasteiger partial charge is 0.444 e. The summed E-state index contributed by atoms with van der Waals surface area (Å²) in [6, 6.07) is 6.32. The average Bonchev–Trinajstić information content (AvgIpc) is 3.16. The molecule has 0 N–H and O–H groups in total. The van der Waals surface area contributed by atoms with E-state index in [0.717, 1.165) is 0 Å². The van der Waals surface area contributed by atoms with Crippen LogP contribution in [0.25, 0.3) is 0 Å². The van der Waals surface area contributed by atoms with Crippen LogP contribution in [0.1, 0.15) is 54.3 Å². The molecule has 1 aromatic carbocycles. The molecule has 0 saturated carbocycles. The number of fused-ring (bicyclic) bond motifs is 3. The van der Waals surface area contributed by atoms with Crippen molar-refractivity contribution >= 4 is 23.8 Å². The van der Waals surface area contributed by atoms with Crippen LogP contribution in [0.3, 0.4) is 0 Å². The Balaban J connectivity index is 1.34. The van der Waals surface area contributed by atoms with E-state index in [0.29, 0.717) is 43.6 Å². The molecule has 3 heterocycles. The van der Waals surface area contributed by atoms with E-state index in [1.807, 2.05) is 0 Å². The minimum absolute atomic E-state index is 0.0861. The highest BCUT2D eigenvalue weighted by Crippen LogP contribution is 2.32. The number of carbonyl (C=O) groups is 4. The van der Waals surface area contributed by atoms with Gasteiger partial charge in [0, 0.05) is 26.2 Å². The number of likely N-dealkylation sites (tertiary alicyclic amines) is 2. The summed E-state index contributed by atoms with van der Waals surface area (Å²) >= 11 is 0. The van der Waals surface area contributed by atoms with E-state index in [-0.39, 0.29) is 30.2 Å². The molecule has 0 unspecified atom stereocenters. The molecule has 2 fully saturated rings. The van der Waals surface area contributed by atoms with Gasteiger partial charge >= 0.3 is 6.09 Å². The van der Waals surface area contributed by atoms with Gasteiger partial charge in [-0.15, -0.1) is 0 Å². The van der Waals surface area contributed by atoms with Crippen LogP contribution in [0, 0.1) is 5.92 Å². The molecule has 4 amide bonds. The standard InChI is InChI=1S/C22H27N3O5/c1-22(2,3)30-21(29)25-13-14-11-17(25)20(28)23(12-14)9-6-10-24-18(26)15-7-4-5-8-16(15)19(24)27/h4-5,7-8,14,17H,6,9-13H2,1-3H3/t14-,17+/m1/s1. The van der Waals surface area contributed by atoms with Crippen LogP contribution in [-0.2, 0) is 9.53 Å². The van der Waals surface area contributed by atoms with Crippen LogP contribution in [0.4, 0.5) is 4.79 Å². The summed E-state index contributed by atoms with van der Waals surface area (Å²) in [6.07, 6.45) is 0.715. The lowest BCUT2D eigenvalue weighted by molar-refractivity contribution is -0.137. The average molecular weight is 413 g/mol. The van der Waals surface area contributed by atoms with Crippen LogP contribution >= 0.6 is 0 Å². The normalized spacial score (nSPS) is 23.3. The molecule has 0 spiro atoms. The maximum absolute atomic E-state index is 12.9. The van der Waals surface area contributed by atoms with E-state index in [9.17, 15) is 19.2 Å². The van der Waals surface area contributed by atoms with Crippen molar-refractivity contribution in [1.82, 2.24) is 14.7 Å². The van der Waals surface area contributed by atoms with E-state index < -0.39 is 17.7 Å². The molecule has 2 bridgehead atoms. The van der Waals surface area contributed by atoms with Crippen LogP contribution < -0.4 is 0 Å². The van der Waals surface area contributed by atoms with E-state index in [2.05, 4.69) is 0 Å². The Hall–Kier alpha value is -2.90. The number of imide groups is 1. The lowest BCUT2D eigenvalue weighted by Crippen LogP contribution is -2.50. The number of benzene rings is 1. The van der Waals surface area contributed by atoms with E-state index in [1.165, 1.54) is 4.90 Å². The van der Waals surface area contributed by atoms with Gasteiger partial charge in [-0.2, -0.15) is 0 Å². The quantitative estimate of drug-likeness (QED) is 0.706. The lowest BCUT2D eigenvalue weighted by atomic mass is 9.99. The summed E-state index contributed by atoms with van der Waals surface area (Å²) in [5.41, 5.74) is 0.258. The van der Waals surface area contributed by atoms with Crippen molar-refractivity contribution in [3.8, 4) is 0 Å². The van der Waals surface area contributed by atoms with Gasteiger partial charge < -0.3 is 9.64 Å². The second-order valence-corrected chi connectivity index (χ2v) is 9.20. The summed E-state index contributed by atoms with van der Waals surface area (Å²) in [7, 11) is 0. The molecule has 8 heteroatoms. The van der Waals surface area contributed by atoms with Crippen LogP contribution in [0.2, 0.25) is 0 Å². The first-order chi connectivity index (χ1) is 14.2.